The minimum atomic E-state index is 1.14. The zero-order valence-electron chi connectivity index (χ0n) is 50.0. The topological polar surface area (TPSA) is 19.7 Å². The third-order valence-corrected chi connectivity index (χ3v) is 19.9. The number of aromatic nitrogens is 4. The molecule has 20 aromatic rings. The van der Waals surface area contributed by atoms with Crippen LogP contribution in [0.1, 0.15) is 0 Å². The number of para-hydroxylation sites is 4. The molecule has 16 aromatic carbocycles. The first kappa shape index (κ1) is 50.7. The molecule has 4 nitrogen and oxygen atoms in total. The van der Waals surface area contributed by atoms with Gasteiger partial charge in [-0.3, -0.25) is 0 Å². The molecule has 0 aliphatic rings. The van der Waals surface area contributed by atoms with Gasteiger partial charge in [-0.25, -0.2) is 0 Å². The molecule has 0 saturated carbocycles. The van der Waals surface area contributed by atoms with Crippen LogP contribution in [0, 0.1) is 0 Å². The van der Waals surface area contributed by atoms with Gasteiger partial charge in [-0.05, 0) is 181 Å². The van der Waals surface area contributed by atoms with Gasteiger partial charge in [0.2, 0.25) is 0 Å². The number of fused-ring (bicyclic) bond motifs is 16. The van der Waals surface area contributed by atoms with Crippen molar-refractivity contribution >= 4 is 130 Å². The van der Waals surface area contributed by atoms with Crippen molar-refractivity contribution in [1.29, 1.82) is 0 Å². The normalized spacial score (nSPS) is 12.1. The maximum absolute atomic E-state index is 2.48. The lowest BCUT2D eigenvalue weighted by Crippen LogP contribution is -1.96. The number of benzene rings is 16. The second kappa shape index (κ2) is 19.6. The largest absolute Gasteiger partial charge is 0.309 e. The molecular formula is C88H54N4. The van der Waals surface area contributed by atoms with Crippen LogP contribution in [0.5, 0.6) is 0 Å². The van der Waals surface area contributed by atoms with Gasteiger partial charge in [0.1, 0.15) is 0 Å². The van der Waals surface area contributed by atoms with Crippen molar-refractivity contribution in [1.82, 2.24) is 18.3 Å². The van der Waals surface area contributed by atoms with Crippen molar-refractivity contribution < 1.29 is 0 Å². The average Bonchev–Trinajstić information content (AvgIpc) is 1.70. The highest BCUT2D eigenvalue weighted by Crippen LogP contribution is 2.44. The summed E-state index contributed by atoms with van der Waals surface area (Å²) in [5.41, 5.74) is 21.4. The highest BCUT2D eigenvalue weighted by molar-refractivity contribution is 6.17. The molecule has 4 aromatic heterocycles. The van der Waals surface area contributed by atoms with E-state index in [1.54, 1.807) is 0 Å². The number of hydrogen-bond donors (Lipinski definition) is 0. The number of hydrogen-bond acceptors (Lipinski definition) is 0. The van der Waals surface area contributed by atoms with E-state index in [-0.39, 0.29) is 0 Å². The van der Waals surface area contributed by atoms with Crippen molar-refractivity contribution in [3.63, 3.8) is 0 Å². The highest BCUT2D eigenvalue weighted by atomic mass is 15.0. The standard InChI is InChI=1S/C88H54N4/c1-2-18-57-49-65(40-34-55(57)16-1)89-80-27-11-7-23-71(80)75-51-60(36-43-85(75)89)61-37-44-86-76(52-61)72-24-8-12-28-81(72)90(86)66-41-35-58-48-64(33-32-59(58)50-66)67-42-47-84(70-22-6-5-21-69(67)70)92-83-30-14-10-26-74(83)78-54-63(39-46-88(78)92)62-38-45-87-77(53-62)73-25-9-13-29-82(73)91(87)79-31-15-19-56-17-3-4-20-68(56)79/h1-54H. The Hall–Kier alpha value is -12.2. The van der Waals surface area contributed by atoms with E-state index in [0.29, 0.717) is 0 Å². The van der Waals surface area contributed by atoms with E-state index in [4.69, 9.17) is 0 Å². The van der Waals surface area contributed by atoms with Crippen molar-refractivity contribution in [3.8, 4) is 56.1 Å². The fraction of sp³-hybridized carbons (Fsp3) is 0. The molecule has 0 unspecified atom stereocenters. The molecule has 0 saturated heterocycles. The van der Waals surface area contributed by atoms with Crippen LogP contribution >= 0.6 is 0 Å². The van der Waals surface area contributed by atoms with E-state index in [2.05, 4.69) is 346 Å². The molecule has 4 heterocycles. The van der Waals surface area contributed by atoms with E-state index in [9.17, 15) is 0 Å². The monoisotopic (exact) mass is 1170 g/mol. The quantitative estimate of drug-likeness (QED) is 0.152. The molecule has 0 spiro atoms. The average molecular weight is 1170 g/mol. The van der Waals surface area contributed by atoms with Crippen LogP contribution in [-0.2, 0) is 0 Å². The Bertz CT molecular complexity index is 6520. The fourth-order valence-corrected chi connectivity index (χ4v) is 15.7. The smallest absolute Gasteiger partial charge is 0.0541 e. The summed E-state index contributed by atoms with van der Waals surface area (Å²) < 4.78 is 9.78. The lowest BCUT2D eigenvalue weighted by atomic mass is 9.95. The molecular weight excluding hydrogens is 1110 g/mol. The third kappa shape index (κ3) is 7.52. The highest BCUT2D eigenvalue weighted by Gasteiger charge is 2.21. The van der Waals surface area contributed by atoms with E-state index in [0.717, 1.165) is 11.4 Å². The second-order valence-corrected chi connectivity index (χ2v) is 24.8. The van der Waals surface area contributed by atoms with Crippen LogP contribution in [0.2, 0.25) is 0 Å². The van der Waals surface area contributed by atoms with Crippen LogP contribution in [0.15, 0.2) is 328 Å². The fourth-order valence-electron chi connectivity index (χ4n) is 15.7. The second-order valence-electron chi connectivity index (χ2n) is 24.8. The summed E-state index contributed by atoms with van der Waals surface area (Å²) in [6.45, 7) is 0. The molecule has 0 atom stereocenters. The Balaban J connectivity index is 0.646. The maximum Gasteiger partial charge on any atom is 0.0541 e. The van der Waals surface area contributed by atoms with Gasteiger partial charge in [-0.15, -0.1) is 0 Å². The van der Waals surface area contributed by atoms with E-state index in [1.165, 1.54) is 175 Å². The van der Waals surface area contributed by atoms with Gasteiger partial charge in [0, 0.05) is 65.2 Å². The Labute approximate surface area is 529 Å². The summed E-state index contributed by atoms with van der Waals surface area (Å²) in [5.74, 6) is 0. The van der Waals surface area contributed by atoms with Crippen LogP contribution < -0.4 is 0 Å². The van der Waals surface area contributed by atoms with Gasteiger partial charge in [0.25, 0.3) is 0 Å². The van der Waals surface area contributed by atoms with Crippen molar-refractivity contribution in [2.45, 2.75) is 0 Å². The Morgan fingerprint density at radius 3 is 1.01 bits per heavy atom. The van der Waals surface area contributed by atoms with Gasteiger partial charge in [-0.2, -0.15) is 0 Å². The minimum Gasteiger partial charge on any atom is -0.309 e. The van der Waals surface area contributed by atoms with Crippen LogP contribution in [0.4, 0.5) is 0 Å². The first-order valence-electron chi connectivity index (χ1n) is 31.8. The predicted molar refractivity (Wildman–Crippen MR) is 390 cm³/mol. The summed E-state index contributed by atoms with van der Waals surface area (Å²) in [5, 5.41) is 19.7. The summed E-state index contributed by atoms with van der Waals surface area (Å²) in [4.78, 5) is 0. The lowest BCUT2D eigenvalue weighted by Gasteiger charge is -2.16. The molecule has 92 heavy (non-hydrogen) atoms. The Kier molecular flexibility index (Phi) is 10.8. The molecule has 20 rings (SSSR count). The molecule has 0 amide bonds. The minimum absolute atomic E-state index is 1.14. The lowest BCUT2D eigenvalue weighted by molar-refractivity contribution is 1.18. The molecule has 0 N–H and O–H groups in total. The van der Waals surface area contributed by atoms with Gasteiger partial charge in [-0.1, -0.05) is 212 Å². The first-order valence-corrected chi connectivity index (χ1v) is 31.8. The van der Waals surface area contributed by atoms with Crippen molar-refractivity contribution in [2.75, 3.05) is 0 Å². The zero-order valence-corrected chi connectivity index (χ0v) is 50.0. The van der Waals surface area contributed by atoms with Gasteiger partial charge >= 0.3 is 0 Å². The van der Waals surface area contributed by atoms with Gasteiger partial charge in [0.05, 0.1) is 55.5 Å². The molecule has 4 heteroatoms. The Morgan fingerprint density at radius 2 is 0.489 bits per heavy atom. The SMILES string of the molecule is c1ccc2cc(-n3c4ccccc4c4cc(-c5ccc6c(c5)c5ccccc5n6-c5ccc6cc(-c7ccc(-n8c9ccccc9c9cc(-c%10ccc%11c(c%10)c%10ccccc%10n%11-c%10cccc%11ccccc%10%11)ccc98)c8ccccc78)ccc6c5)ccc43)ccc2c1. The van der Waals surface area contributed by atoms with E-state index in [1.807, 2.05) is 0 Å². The van der Waals surface area contributed by atoms with Gasteiger partial charge < -0.3 is 18.3 Å². The summed E-state index contributed by atoms with van der Waals surface area (Å²) >= 11 is 0. The molecule has 0 fully saturated rings. The van der Waals surface area contributed by atoms with E-state index >= 15 is 0 Å². The van der Waals surface area contributed by atoms with Crippen LogP contribution in [0.25, 0.3) is 186 Å². The molecule has 0 aliphatic heterocycles. The Morgan fingerprint density at radius 1 is 0.152 bits per heavy atom. The summed E-state index contributed by atoms with van der Waals surface area (Å²) in [7, 11) is 0. The number of nitrogens with zero attached hydrogens (tertiary/aromatic N) is 4. The first-order chi connectivity index (χ1) is 45.6. The number of rotatable bonds is 7. The van der Waals surface area contributed by atoms with E-state index < -0.39 is 0 Å². The molecule has 0 bridgehead atoms. The van der Waals surface area contributed by atoms with Crippen molar-refractivity contribution in [3.05, 3.63) is 328 Å². The predicted octanol–water partition coefficient (Wildman–Crippen LogP) is 23.7. The molecule has 0 aliphatic carbocycles. The van der Waals surface area contributed by atoms with Gasteiger partial charge in [0.15, 0.2) is 0 Å². The molecule has 426 valence electrons. The maximum atomic E-state index is 2.48. The molecule has 0 radical (unpaired) electrons. The van der Waals surface area contributed by atoms with Crippen LogP contribution in [0.3, 0.4) is 0 Å². The zero-order chi connectivity index (χ0) is 60.1. The summed E-state index contributed by atoms with van der Waals surface area (Å²) in [6.07, 6.45) is 0. The summed E-state index contributed by atoms with van der Waals surface area (Å²) in [6, 6.07) is 122. The van der Waals surface area contributed by atoms with Crippen molar-refractivity contribution in [2.24, 2.45) is 0 Å². The third-order valence-electron chi connectivity index (χ3n) is 19.9. The van der Waals surface area contributed by atoms with Crippen LogP contribution in [-0.4, -0.2) is 18.3 Å².